The van der Waals surface area contributed by atoms with Crippen molar-refractivity contribution in [2.75, 3.05) is 13.2 Å². The van der Waals surface area contributed by atoms with Gasteiger partial charge in [-0.25, -0.2) is 0 Å². The van der Waals surface area contributed by atoms with Crippen molar-refractivity contribution in [3.63, 3.8) is 0 Å². The second-order valence-electron chi connectivity index (χ2n) is 4.05. The Morgan fingerprint density at radius 2 is 1.80 bits per heavy atom. The molecule has 2 nitrogen and oxygen atoms in total. The molecule has 0 radical (unpaired) electrons. The summed E-state index contributed by atoms with van der Waals surface area (Å²) < 4.78 is 10.8. The molecular formula is C13H18O2. The Hall–Kier alpha value is -0.860. The zero-order valence-corrected chi connectivity index (χ0v) is 9.24. The van der Waals surface area contributed by atoms with E-state index in [0.29, 0.717) is 0 Å². The first-order valence-electron chi connectivity index (χ1n) is 5.63. The summed E-state index contributed by atoms with van der Waals surface area (Å²) in [6.45, 7) is 3.63. The average Bonchev–Trinajstić information content (AvgIpc) is 2.74. The van der Waals surface area contributed by atoms with Gasteiger partial charge in [-0.2, -0.15) is 0 Å². The number of ether oxygens (including phenoxy) is 2. The summed E-state index contributed by atoms with van der Waals surface area (Å²) in [6, 6.07) is 8.73. The first kappa shape index (κ1) is 10.7. The standard InChI is InChI=1S/C13H18O2/c1-11-5-7-12(8-6-11)3-2-4-13-14-9-10-15-13/h5-8,13H,2-4,9-10H2,1H3. The van der Waals surface area contributed by atoms with Gasteiger partial charge >= 0.3 is 0 Å². The first-order chi connectivity index (χ1) is 7.34. The number of hydrogen-bond donors (Lipinski definition) is 0. The lowest BCUT2D eigenvalue weighted by Gasteiger charge is -2.08. The van der Waals surface area contributed by atoms with E-state index in [4.69, 9.17) is 9.47 Å². The number of benzene rings is 1. The highest BCUT2D eigenvalue weighted by Crippen LogP contribution is 2.13. The van der Waals surface area contributed by atoms with Crippen LogP contribution < -0.4 is 0 Å². The van der Waals surface area contributed by atoms with Gasteiger partial charge in [0.05, 0.1) is 13.2 Å². The second-order valence-corrected chi connectivity index (χ2v) is 4.05. The molecule has 1 aromatic carbocycles. The molecule has 0 N–H and O–H groups in total. The molecule has 1 saturated heterocycles. The van der Waals surface area contributed by atoms with Crippen LogP contribution in [0, 0.1) is 6.92 Å². The van der Waals surface area contributed by atoms with Crippen LogP contribution in [0.25, 0.3) is 0 Å². The summed E-state index contributed by atoms with van der Waals surface area (Å²) in [6.07, 6.45) is 3.31. The van der Waals surface area contributed by atoms with Crippen LogP contribution in [-0.2, 0) is 15.9 Å². The van der Waals surface area contributed by atoms with Crippen LogP contribution >= 0.6 is 0 Å². The van der Waals surface area contributed by atoms with Gasteiger partial charge in [-0.15, -0.1) is 0 Å². The van der Waals surface area contributed by atoms with E-state index in [1.807, 2.05) is 0 Å². The largest absolute Gasteiger partial charge is 0.350 e. The van der Waals surface area contributed by atoms with Crippen LogP contribution in [0.2, 0.25) is 0 Å². The Morgan fingerprint density at radius 3 is 2.47 bits per heavy atom. The van der Waals surface area contributed by atoms with Gasteiger partial charge in [-0.05, 0) is 31.7 Å². The van der Waals surface area contributed by atoms with Crippen molar-refractivity contribution >= 4 is 0 Å². The number of rotatable bonds is 4. The van der Waals surface area contributed by atoms with E-state index < -0.39 is 0 Å². The maximum Gasteiger partial charge on any atom is 0.157 e. The van der Waals surface area contributed by atoms with E-state index in [1.165, 1.54) is 11.1 Å². The van der Waals surface area contributed by atoms with Gasteiger partial charge in [0.1, 0.15) is 0 Å². The Kier molecular flexibility index (Phi) is 3.75. The molecule has 0 unspecified atom stereocenters. The molecular weight excluding hydrogens is 188 g/mol. The van der Waals surface area contributed by atoms with Crippen molar-refractivity contribution < 1.29 is 9.47 Å². The highest BCUT2D eigenvalue weighted by atomic mass is 16.7. The van der Waals surface area contributed by atoms with Crippen LogP contribution in [0.15, 0.2) is 24.3 Å². The molecule has 0 spiro atoms. The van der Waals surface area contributed by atoms with E-state index >= 15 is 0 Å². The van der Waals surface area contributed by atoms with Crippen LogP contribution in [0.1, 0.15) is 24.0 Å². The zero-order valence-electron chi connectivity index (χ0n) is 9.24. The molecule has 2 rings (SSSR count). The van der Waals surface area contributed by atoms with Gasteiger partial charge in [0, 0.05) is 0 Å². The normalized spacial score (nSPS) is 17.1. The smallest absolute Gasteiger partial charge is 0.157 e. The predicted molar refractivity (Wildman–Crippen MR) is 59.8 cm³/mol. The highest BCUT2D eigenvalue weighted by molar-refractivity contribution is 5.21. The maximum atomic E-state index is 5.39. The Balaban J connectivity index is 1.71. The molecule has 0 amide bonds. The number of hydrogen-bond acceptors (Lipinski definition) is 2. The van der Waals surface area contributed by atoms with Crippen molar-refractivity contribution in [3.05, 3.63) is 35.4 Å². The van der Waals surface area contributed by atoms with Gasteiger partial charge in [0.25, 0.3) is 0 Å². The SMILES string of the molecule is Cc1ccc(CCCC2OCCO2)cc1. The molecule has 1 heterocycles. The minimum absolute atomic E-state index is 0.0513. The van der Waals surface area contributed by atoms with Crippen LogP contribution in [0.4, 0.5) is 0 Å². The molecule has 0 aromatic heterocycles. The van der Waals surface area contributed by atoms with Crippen molar-refractivity contribution in [1.29, 1.82) is 0 Å². The molecule has 0 bridgehead atoms. The van der Waals surface area contributed by atoms with Gasteiger partial charge in [0.15, 0.2) is 6.29 Å². The summed E-state index contributed by atoms with van der Waals surface area (Å²) in [5.74, 6) is 0. The summed E-state index contributed by atoms with van der Waals surface area (Å²) in [5.41, 5.74) is 2.72. The van der Waals surface area contributed by atoms with Crippen molar-refractivity contribution in [2.45, 2.75) is 32.5 Å². The van der Waals surface area contributed by atoms with Gasteiger partial charge in [-0.1, -0.05) is 29.8 Å². The fourth-order valence-corrected chi connectivity index (χ4v) is 1.80. The summed E-state index contributed by atoms with van der Waals surface area (Å²) in [5, 5.41) is 0. The van der Waals surface area contributed by atoms with E-state index in [1.54, 1.807) is 0 Å². The Bertz CT molecular complexity index is 286. The van der Waals surface area contributed by atoms with Crippen molar-refractivity contribution in [2.24, 2.45) is 0 Å². The molecule has 2 heteroatoms. The van der Waals surface area contributed by atoms with Gasteiger partial charge in [-0.3, -0.25) is 0 Å². The van der Waals surface area contributed by atoms with E-state index in [9.17, 15) is 0 Å². The highest BCUT2D eigenvalue weighted by Gasteiger charge is 2.14. The maximum absolute atomic E-state index is 5.39. The fourth-order valence-electron chi connectivity index (χ4n) is 1.80. The lowest BCUT2D eigenvalue weighted by Crippen LogP contribution is -2.07. The van der Waals surface area contributed by atoms with E-state index in [-0.39, 0.29) is 6.29 Å². The number of aryl methyl sites for hydroxylation is 2. The molecule has 1 aliphatic heterocycles. The summed E-state index contributed by atoms with van der Waals surface area (Å²) >= 11 is 0. The molecule has 1 fully saturated rings. The predicted octanol–water partition coefficient (Wildman–Crippen LogP) is 2.69. The molecule has 1 aliphatic rings. The quantitative estimate of drug-likeness (QED) is 0.754. The zero-order chi connectivity index (χ0) is 10.5. The summed E-state index contributed by atoms with van der Waals surface area (Å²) in [7, 11) is 0. The Labute approximate surface area is 91.2 Å². The fraction of sp³-hybridized carbons (Fsp3) is 0.538. The lowest BCUT2D eigenvalue weighted by atomic mass is 10.1. The van der Waals surface area contributed by atoms with Crippen molar-refractivity contribution in [1.82, 2.24) is 0 Å². The minimum Gasteiger partial charge on any atom is -0.350 e. The third kappa shape index (κ3) is 3.33. The average molecular weight is 206 g/mol. The van der Waals surface area contributed by atoms with E-state index in [2.05, 4.69) is 31.2 Å². The second kappa shape index (κ2) is 5.29. The minimum atomic E-state index is 0.0513. The molecule has 0 atom stereocenters. The molecule has 0 aliphatic carbocycles. The van der Waals surface area contributed by atoms with Crippen LogP contribution in [-0.4, -0.2) is 19.5 Å². The van der Waals surface area contributed by atoms with Crippen molar-refractivity contribution in [3.8, 4) is 0 Å². The Morgan fingerprint density at radius 1 is 1.13 bits per heavy atom. The summed E-state index contributed by atoms with van der Waals surface area (Å²) in [4.78, 5) is 0. The van der Waals surface area contributed by atoms with Crippen LogP contribution in [0.3, 0.4) is 0 Å². The lowest BCUT2D eigenvalue weighted by molar-refractivity contribution is -0.0475. The van der Waals surface area contributed by atoms with Gasteiger partial charge in [0.2, 0.25) is 0 Å². The molecule has 1 aromatic rings. The monoisotopic (exact) mass is 206 g/mol. The molecule has 82 valence electrons. The van der Waals surface area contributed by atoms with E-state index in [0.717, 1.165) is 32.5 Å². The molecule has 0 saturated carbocycles. The van der Waals surface area contributed by atoms with Gasteiger partial charge < -0.3 is 9.47 Å². The first-order valence-corrected chi connectivity index (χ1v) is 5.63. The molecule has 15 heavy (non-hydrogen) atoms. The third-order valence-electron chi connectivity index (χ3n) is 2.72. The van der Waals surface area contributed by atoms with Crippen LogP contribution in [0.5, 0.6) is 0 Å². The third-order valence-corrected chi connectivity index (χ3v) is 2.72. The topological polar surface area (TPSA) is 18.5 Å².